The Morgan fingerprint density at radius 3 is 2.06 bits per heavy atom. The zero-order valence-corrected chi connectivity index (χ0v) is 10.5. The van der Waals surface area contributed by atoms with Crippen molar-refractivity contribution in [2.45, 2.75) is 23.8 Å². The highest BCUT2D eigenvalue weighted by Gasteiger charge is 2.03. The average Bonchev–Trinajstić information content (AvgIpc) is 2.35. The highest BCUT2D eigenvalue weighted by atomic mass is 32.2. The summed E-state index contributed by atoms with van der Waals surface area (Å²) in [7, 11) is 1.89. The molecule has 0 fully saturated rings. The van der Waals surface area contributed by atoms with Crippen LogP contribution in [-0.2, 0) is 6.54 Å². The topological polar surface area (TPSA) is 63.6 Å². The number of rotatable bonds is 4. The van der Waals surface area contributed by atoms with Crippen molar-refractivity contribution < 1.29 is 0 Å². The van der Waals surface area contributed by atoms with Crippen LogP contribution >= 0.6 is 11.8 Å². The Kier molecular flexibility index (Phi) is 4.00. The van der Waals surface area contributed by atoms with Gasteiger partial charge < -0.3 is 5.32 Å². The molecule has 0 radical (unpaired) electrons. The number of hydrogen-bond donors (Lipinski definition) is 1. The first kappa shape index (κ1) is 11.9. The van der Waals surface area contributed by atoms with Crippen molar-refractivity contribution in [3.8, 4) is 0 Å². The van der Waals surface area contributed by atoms with E-state index in [2.05, 4.69) is 25.3 Å². The van der Waals surface area contributed by atoms with Crippen LogP contribution in [0.4, 0.5) is 0 Å². The molecule has 0 atom stereocenters. The third-order valence-corrected chi connectivity index (χ3v) is 2.79. The van der Waals surface area contributed by atoms with Gasteiger partial charge in [-0.25, -0.2) is 19.9 Å². The molecule has 0 saturated carbocycles. The molecule has 6 heteroatoms. The zero-order valence-electron chi connectivity index (χ0n) is 9.71. The van der Waals surface area contributed by atoms with Crippen molar-refractivity contribution in [1.29, 1.82) is 0 Å². The monoisotopic (exact) mass is 247 g/mol. The molecule has 2 aromatic rings. The first-order valence-electron chi connectivity index (χ1n) is 5.20. The van der Waals surface area contributed by atoms with E-state index in [-0.39, 0.29) is 0 Å². The van der Waals surface area contributed by atoms with Crippen LogP contribution in [-0.4, -0.2) is 27.0 Å². The second-order valence-electron chi connectivity index (χ2n) is 3.55. The van der Waals surface area contributed by atoms with E-state index in [4.69, 9.17) is 0 Å². The summed E-state index contributed by atoms with van der Waals surface area (Å²) in [5.41, 5.74) is 2.10. The van der Waals surface area contributed by atoms with Gasteiger partial charge >= 0.3 is 0 Å². The molecule has 0 unspecified atom stereocenters. The van der Waals surface area contributed by atoms with Gasteiger partial charge in [-0.1, -0.05) is 0 Å². The molecule has 0 amide bonds. The Morgan fingerprint density at radius 2 is 1.53 bits per heavy atom. The maximum atomic E-state index is 4.25. The van der Waals surface area contributed by atoms with Gasteiger partial charge in [-0.15, -0.1) is 0 Å². The molecule has 0 aliphatic rings. The second-order valence-corrected chi connectivity index (χ2v) is 4.48. The van der Waals surface area contributed by atoms with Crippen molar-refractivity contribution in [3.63, 3.8) is 0 Å². The minimum atomic E-state index is 0.661. The molecule has 0 aliphatic heterocycles. The third-order valence-electron chi connectivity index (χ3n) is 2.00. The molecule has 1 N–H and O–H groups in total. The normalized spacial score (nSPS) is 10.5. The van der Waals surface area contributed by atoms with Crippen LogP contribution in [0.15, 0.2) is 35.1 Å². The standard InChI is InChI=1S/C11H13N5S/c1-8-3-13-10(14-4-8)17-11-15-6-9(5-12-2)7-16-11/h3-4,6-7,12H,5H2,1-2H3. The van der Waals surface area contributed by atoms with Gasteiger partial charge in [-0.05, 0) is 31.3 Å². The maximum absolute atomic E-state index is 4.25. The number of hydrogen-bond acceptors (Lipinski definition) is 6. The van der Waals surface area contributed by atoms with E-state index in [0.717, 1.165) is 17.7 Å². The molecule has 0 aliphatic carbocycles. The van der Waals surface area contributed by atoms with Gasteiger partial charge in [0.15, 0.2) is 10.3 Å². The van der Waals surface area contributed by atoms with Crippen molar-refractivity contribution >= 4 is 11.8 Å². The smallest absolute Gasteiger partial charge is 0.195 e. The van der Waals surface area contributed by atoms with Gasteiger partial charge in [0.1, 0.15) is 0 Å². The van der Waals surface area contributed by atoms with Crippen LogP contribution < -0.4 is 5.32 Å². The van der Waals surface area contributed by atoms with Crippen LogP contribution in [0, 0.1) is 6.92 Å². The zero-order chi connectivity index (χ0) is 12.1. The predicted molar refractivity (Wildman–Crippen MR) is 65.7 cm³/mol. The van der Waals surface area contributed by atoms with Crippen LogP contribution in [0.5, 0.6) is 0 Å². The largest absolute Gasteiger partial charge is 0.316 e. The van der Waals surface area contributed by atoms with Gasteiger partial charge in [-0.3, -0.25) is 0 Å². The van der Waals surface area contributed by atoms with Crippen LogP contribution in [0.1, 0.15) is 11.1 Å². The fraction of sp³-hybridized carbons (Fsp3) is 0.273. The van der Waals surface area contributed by atoms with Crippen LogP contribution in [0.3, 0.4) is 0 Å². The van der Waals surface area contributed by atoms with Crippen molar-refractivity contribution in [3.05, 3.63) is 35.9 Å². The molecule has 0 spiro atoms. The van der Waals surface area contributed by atoms with Crippen molar-refractivity contribution in [2.75, 3.05) is 7.05 Å². The Bertz CT molecular complexity index is 468. The summed E-state index contributed by atoms with van der Waals surface area (Å²) in [4.78, 5) is 16.9. The van der Waals surface area contributed by atoms with E-state index in [1.165, 1.54) is 11.8 Å². The van der Waals surface area contributed by atoms with Crippen molar-refractivity contribution in [2.24, 2.45) is 0 Å². The second kappa shape index (κ2) is 5.70. The Morgan fingerprint density at radius 1 is 1.00 bits per heavy atom. The molecule has 17 heavy (non-hydrogen) atoms. The molecule has 2 rings (SSSR count). The highest BCUT2D eigenvalue weighted by Crippen LogP contribution is 2.19. The quantitative estimate of drug-likeness (QED) is 0.825. The van der Waals surface area contributed by atoms with Crippen molar-refractivity contribution in [1.82, 2.24) is 25.3 Å². The first-order valence-corrected chi connectivity index (χ1v) is 6.01. The first-order chi connectivity index (χ1) is 8.28. The molecule has 2 heterocycles. The summed E-state index contributed by atoms with van der Waals surface area (Å²) in [5.74, 6) is 0. The van der Waals surface area contributed by atoms with Gasteiger partial charge in [0, 0.05) is 36.9 Å². The minimum Gasteiger partial charge on any atom is -0.316 e. The fourth-order valence-corrected chi connectivity index (χ4v) is 1.79. The van der Waals surface area contributed by atoms with E-state index in [1.807, 2.05) is 14.0 Å². The van der Waals surface area contributed by atoms with Crippen LogP contribution in [0.25, 0.3) is 0 Å². The van der Waals surface area contributed by atoms with E-state index < -0.39 is 0 Å². The average molecular weight is 247 g/mol. The summed E-state index contributed by atoms with van der Waals surface area (Å²) in [6.45, 7) is 2.73. The van der Waals surface area contributed by atoms with E-state index in [1.54, 1.807) is 24.8 Å². The lowest BCUT2D eigenvalue weighted by molar-refractivity contribution is 0.792. The van der Waals surface area contributed by atoms with Gasteiger partial charge in [0.25, 0.3) is 0 Å². The van der Waals surface area contributed by atoms with Gasteiger partial charge in [0.2, 0.25) is 0 Å². The van der Waals surface area contributed by atoms with E-state index in [9.17, 15) is 0 Å². The van der Waals surface area contributed by atoms with Crippen LogP contribution in [0.2, 0.25) is 0 Å². The Hall–Kier alpha value is -1.53. The molecule has 0 bridgehead atoms. The van der Waals surface area contributed by atoms with E-state index >= 15 is 0 Å². The Labute approximate surface area is 104 Å². The molecule has 0 saturated heterocycles. The number of aromatic nitrogens is 4. The highest BCUT2D eigenvalue weighted by molar-refractivity contribution is 7.99. The summed E-state index contributed by atoms with van der Waals surface area (Å²) in [5, 5.41) is 4.37. The number of nitrogens with zero attached hydrogens (tertiary/aromatic N) is 4. The molecule has 0 aromatic carbocycles. The molecular weight excluding hydrogens is 234 g/mol. The van der Waals surface area contributed by atoms with Gasteiger partial charge in [-0.2, -0.15) is 0 Å². The lowest BCUT2D eigenvalue weighted by Gasteiger charge is -2.01. The maximum Gasteiger partial charge on any atom is 0.195 e. The molecule has 2 aromatic heterocycles. The number of aryl methyl sites for hydroxylation is 1. The van der Waals surface area contributed by atoms with E-state index in [0.29, 0.717) is 10.3 Å². The third kappa shape index (κ3) is 3.47. The molecule has 5 nitrogen and oxygen atoms in total. The fourth-order valence-electron chi connectivity index (χ4n) is 1.21. The lowest BCUT2D eigenvalue weighted by Crippen LogP contribution is -2.05. The summed E-state index contributed by atoms with van der Waals surface area (Å²) >= 11 is 1.36. The van der Waals surface area contributed by atoms with Gasteiger partial charge in [0.05, 0.1) is 0 Å². The summed E-state index contributed by atoms with van der Waals surface area (Å²) < 4.78 is 0. The lowest BCUT2D eigenvalue weighted by atomic mass is 10.3. The molecular formula is C11H13N5S. The SMILES string of the molecule is CNCc1cnc(Sc2ncc(C)cn2)nc1. The summed E-state index contributed by atoms with van der Waals surface area (Å²) in [6.07, 6.45) is 7.18. The summed E-state index contributed by atoms with van der Waals surface area (Å²) in [6, 6.07) is 0. The Balaban J connectivity index is 2.05. The minimum absolute atomic E-state index is 0.661. The molecule has 88 valence electrons. The predicted octanol–water partition coefficient (Wildman–Crippen LogP) is 1.45. The number of nitrogens with one attached hydrogen (secondary N) is 1.